The number of para-hydroxylation sites is 1. The minimum Gasteiger partial charge on any atom is -0.462 e. The maximum absolute atomic E-state index is 13.1. The molecule has 3 aromatic rings. The van der Waals surface area contributed by atoms with E-state index in [1.54, 1.807) is 20.8 Å². The van der Waals surface area contributed by atoms with E-state index in [0.29, 0.717) is 42.2 Å². The number of benzene rings is 1. The number of ether oxygens (including phenoxy) is 1. The van der Waals surface area contributed by atoms with E-state index >= 15 is 0 Å². The molecule has 0 atom stereocenters. The minimum atomic E-state index is -0.388. The fourth-order valence-electron chi connectivity index (χ4n) is 4.28. The molecular weight excluding hydrogens is 392 g/mol. The van der Waals surface area contributed by atoms with Crippen LogP contribution in [0.3, 0.4) is 0 Å². The number of amides is 1. The highest BCUT2D eigenvalue weighted by atomic mass is 16.5. The van der Waals surface area contributed by atoms with Crippen molar-refractivity contribution in [2.24, 2.45) is 0 Å². The molecular formula is C24H28N4O3. The molecule has 1 aliphatic heterocycles. The van der Waals surface area contributed by atoms with E-state index in [9.17, 15) is 9.59 Å². The molecule has 7 nitrogen and oxygen atoms in total. The molecule has 31 heavy (non-hydrogen) atoms. The van der Waals surface area contributed by atoms with E-state index in [1.807, 2.05) is 17.2 Å². The summed E-state index contributed by atoms with van der Waals surface area (Å²) in [5.41, 5.74) is 4.51. The second-order valence-corrected chi connectivity index (χ2v) is 7.91. The molecule has 1 aromatic carbocycles. The van der Waals surface area contributed by atoms with Crippen LogP contribution < -0.4 is 0 Å². The average Bonchev–Trinajstić information content (AvgIpc) is 3.08. The molecule has 0 unspecified atom stereocenters. The lowest BCUT2D eigenvalue weighted by atomic mass is 10.1. The maximum Gasteiger partial charge on any atom is 0.340 e. The molecule has 1 N–H and O–H groups in total. The molecule has 0 aliphatic carbocycles. The van der Waals surface area contributed by atoms with Crippen LogP contribution in [0.15, 0.2) is 36.5 Å². The smallest absolute Gasteiger partial charge is 0.340 e. The first kappa shape index (κ1) is 21.1. The number of hydrogen-bond donors (Lipinski definition) is 1. The van der Waals surface area contributed by atoms with Crippen LogP contribution in [0.1, 0.15) is 44.6 Å². The predicted octanol–water partition coefficient (Wildman–Crippen LogP) is 3.31. The first-order valence-electron chi connectivity index (χ1n) is 10.7. The molecule has 2 aromatic heterocycles. The van der Waals surface area contributed by atoms with Crippen LogP contribution in [0.2, 0.25) is 0 Å². The fraction of sp³-hybridized carbons (Fsp3) is 0.375. The van der Waals surface area contributed by atoms with Gasteiger partial charge in [-0.05, 0) is 38.0 Å². The number of nitrogens with one attached hydrogen (secondary N) is 1. The van der Waals surface area contributed by atoms with Gasteiger partial charge in [0.15, 0.2) is 0 Å². The van der Waals surface area contributed by atoms with Gasteiger partial charge in [0.1, 0.15) is 5.69 Å². The van der Waals surface area contributed by atoms with E-state index in [0.717, 1.165) is 30.5 Å². The van der Waals surface area contributed by atoms with Crippen molar-refractivity contribution in [1.82, 2.24) is 19.8 Å². The van der Waals surface area contributed by atoms with E-state index in [1.165, 1.54) is 5.56 Å². The van der Waals surface area contributed by atoms with Crippen LogP contribution in [-0.4, -0.2) is 64.4 Å². The van der Waals surface area contributed by atoms with Gasteiger partial charge in [-0.2, -0.15) is 0 Å². The quantitative estimate of drug-likeness (QED) is 0.641. The van der Waals surface area contributed by atoms with Crippen molar-refractivity contribution in [3.63, 3.8) is 0 Å². The molecule has 1 amide bonds. The number of fused-ring (bicyclic) bond motifs is 1. The van der Waals surface area contributed by atoms with Crippen molar-refractivity contribution >= 4 is 22.8 Å². The minimum absolute atomic E-state index is 0.0670. The van der Waals surface area contributed by atoms with Gasteiger partial charge in [0.25, 0.3) is 5.91 Å². The summed E-state index contributed by atoms with van der Waals surface area (Å²) in [6, 6.07) is 10.3. The standard InChI is InChI=1S/C24H28N4O3/c1-4-31-24(30)20-16(2)21(26-17(20)3)23(29)28-13-11-27(12-14-28)15-19-8-5-7-18-9-6-10-25-22(18)19/h5-10,26H,4,11-15H2,1-3H3. The number of nitrogens with zero attached hydrogens (tertiary/aromatic N) is 3. The van der Waals surface area contributed by atoms with Gasteiger partial charge in [0.05, 0.1) is 17.7 Å². The topological polar surface area (TPSA) is 78.5 Å². The summed E-state index contributed by atoms with van der Waals surface area (Å²) in [5.74, 6) is -0.455. The third kappa shape index (κ3) is 4.18. The van der Waals surface area contributed by atoms with Crippen molar-refractivity contribution in [3.05, 3.63) is 64.6 Å². The summed E-state index contributed by atoms with van der Waals surface area (Å²) in [6.45, 7) is 9.35. The van der Waals surface area contributed by atoms with Gasteiger partial charge in [-0.15, -0.1) is 0 Å². The Labute approximate surface area is 182 Å². The third-order valence-corrected chi connectivity index (χ3v) is 5.90. The molecule has 0 radical (unpaired) electrons. The summed E-state index contributed by atoms with van der Waals surface area (Å²) in [4.78, 5) is 37.2. The Kier molecular flexibility index (Phi) is 6.04. The van der Waals surface area contributed by atoms with Gasteiger partial charge in [-0.25, -0.2) is 4.79 Å². The van der Waals surface area contributed by atoms with Gasteiger partial charge in [0, 0.05) is 50.0 Å². The second-order valence-electron chi connectivity index (χ2n) is 7.91. The second kappa shape index (κ2) is 8.89. The lowest BCUT2D eigenvalue weighted by Gasteiger charge is -2.34. The molecule has 1 fully saturated rings. The van der Waals surface area contributed by atoms with Crippen LogP contribution in [0.25, 0.3) is 10.9 Å². The van der Waals surface area contributed by atoms with Gasteiger partial charge >= 0.3 is 5.97 Å². The number of H-pyrrole nitrogens is 1. The summed E-state index contributed by atoms with van der Waals surface area (Å²) in [6.07, 6.45) is 1.83. The molecule has 162 valence electrons. The van der Waals surface area contributed by atoms with Gasteiger partial charge in [-0.3, -0.25) is 14.7 Å². The van der Waals surface area contributed by atoms with Crippen LogP contribution in [0, 0.1) is 13.8 Å². The molecule has 7 heteroatoms. The Balaban J connectivity index is 1.43. The Morgan fingerprint density at radius 1 is 1.10 bits per heavy atom. The van der Waals surface area contributed by atoms with Crippen molar-refractivity contribution < 1.29 is 14.3 Å². The van der Waals surface area contributed by atoms with Crippen LogP contribution in [-0.2, 0) is 11.3 Å². The Morgan fingerprint density at radius 2 is 1.84 bits per heavy atom. The number of aryl methyl sites for hydroxylation is 1. The van der Waals surface area contributed by atoms with Crippen LogP contribution in [0.4, 0.5) is 0 Å². The summed E-state index contributed by atoms with van der Waals surface area (Å²) in [7, 11) is 0. The van der Waals surface area contributed by atoms with Crippen LogP contribution in [0.5, 0.6) is 0 Å². The van der Waals surface area contributed by atoms with Gasteiger partial charge < -0.3 is 14.6 Å². The van der Waals surface area contributed by atoms with E-state index in [2.05, 4.69) is 39.1 Å². The van der Waals surface area contributed by atoms with Crippen LogP contribution >= 0.6 is 0 Å². The largest absolute Gasteiger partial charge is 0.462 e. The molecule has 0 saturated carbocycles. The van der Waals surface area contributed by atoms with Crippen molar-refractivity contribution in [3.8, 4) is 0 Å². The Hall–Kier alpha value is -3.19. The third-order valence-electron chi connectivity index (χ3n) is 5.90. The molecule has 4 rings (SSSR count). The number of pyridine rings is 1. The first-order valence-corrected chi connectivity index (χ1v) is 10.7. The zero-order chi connectivity index (χ0) is 22.0. The van der Waals surface area contributed by atoms with Gasteiger partial charge in [0.2, 0.25) is 0 Å². The summed E-state index contributed by atoms with van der Waals surface area (Å²) in [5, 5.41) is 1.14. The molecule has 1 aliphatic rings. The summed E-state index contributed by atoms with van der Waals surface area (Å²) >= 11 is 0. The predicted molar refractivity (Wildman–Crippen MR) is 119 cm³/mol. The maximum atomic E-state index is 13.1. The number of hydrogen-bond acceptors (Lipinski definition) is 5. The van der Waals surface area contributed by atoms with Crippen molar-refractivity contribution in [2.75, 3.05) is 32.8 Å². The molecule has 0 spiro atoms. The highest BCUT2D eigenvalue weighted by molar-refractivity contribution is 6.00. The Bertz CT molecular complexity index is 1110. The SMILES string of the molecule is CCOC(=O)c1c(C)[nH]c(C(=O)N2CCN(Cc3cccc4cccnc34)CC2)c1C. The van der Waals surface area contributed by atoms with E-state index in [4.69, 9.17) is 4.74 Å². The van der Waals surface area contributed by atoms with Crippen molar-refractivity contribution in [1.29, 1.82) is 0 Å². The van der Waals surface area contributed by atoms with Gasteiger partial charge in [-0.1, -0.05) is 24.3 Å². The average molecular weight is 421 g/mol. The van der Waals surface area contributed by atoms with E-state index < -0.39 is 0 Å². The fourth-order valence-corrected chi connectivity index (χ4v) is 4.28. The number of carbonyl (C=O) groups is 2. The molecule has 3 heterocycles. The van der Waals surface area contributed by atoms with Crippen molar-refractivity contribution in [2.45, 2.75) is 27.3 Å². The number of esters is 1. The lowest BCUT2D eigenvalue weighted by Crippen LogP contribution is -2.48. The first-order chi connectivity index (χ1) is 15.0. The monoisotopic (exact) mass is 420 g/mol. The number of aromatic nitrogens is 2. The lowest BCUT2D eigenvalue weighted by molar-refractivity contribution is 0.0525. The number of carbonyl (C=O) groups excluding carboxylic acids is 2. The highest BCUT2D eigenvalue weighted by Crippen LogP contribution is 2.22. The number of rotatable bonds is 5. The summed E-state index contributed by atoms with van der Waals surface area (Å²) < 4.78 is 5.13. The molecule has 1 saturated heterocycles. The zero-order valence-electron chi connectivity index (χ0n) is 18.3. The van der Waals surface area contributed by atoms with E-state index in [-0.39, 0.29) is 11.9 Å². The zero-order valence-corrected chi connectivity index (χ0v) is 18.3. The number of piperazine rings is 1. The normalized spacial score (nSPS) is 14.7. The highest BCUT2D eigenvalue weighted by Gasteiger charge is 2.28. The Morgan fingerprint density at radius 3 is 2.58 bits per heavy atom. The molecule has 0 bridgehead atoms. The number of aromatic amines is 1.